The lowest BCUT2D eigenvalue weighted by molar-refractivity contribution is 0.0925. The number of amides is 2. The summed E-state index contributed by atoms with van der Waals surface area (Å²) in [6, 6.07) is 7.36. The smallest absolute Gasteiger partial charge is 0.287 e. The topological polar surface area (TPSA) is 83.7 Å². The van der Waals surface area contributed by atoms with E-state index in [0.29, 0.717) is 17.9 Å². The van der Waals surface area contributed by atoms with Gasteiger partial charge in [0.15, 0.2) is 5.76 Å². The number of fused-ring (bicyclic) bond motifs is 1. The molecule has 3 rings (SSSR count). The van der Waals surface area contributed by atoms with E-state index in [2.05, 4.69) is 22.4 Å². The molecule has 1 aromatic heterocycles. The molecule has 0 atom stereocenters. The Kier molecular flexibility index (Phi) is 5.54. The van der Waals surface area contributed by atoms with Gasteiger partial charge in [-0.2, -0.15) is 5.10 Å². The van der Waals surface area contributed by atoms with Crippen molar-refractivity contribution in [3.05, 3.63) is 70.7 Å². The minimum Gasteiger partial charge on any atom is -0.455 e. The van der Waals surface area contributed by atoms with E-state index in [9.17, 15) is 9.59 Å². The van der Waals surface area contributed by atoms with Gasteiger partial charge in [-0.25, -0.2) is 5.43 Å². The normalized spacial score (nSPS) is 14.5. The van der Waals surface area contributed by atoms with Gasteiger partial charge in [-0.15, -0.1) is 6.58 Å². The Balaban J connectivity index is 1.85. The molecule has 0 radical (unpaired) electrons. The maximum atomic E-state index is 12.4. The number of aryl methyl sites for hydroxylation is 2. The van der Waals surface area contributed by atoms with Crippen molar-refractivity contribution in [1.82, 2.24) is 10.7 Å². The number of carbonyl (C=O) groups excluding carboxylic acids is 2. The van der Waals surface area contributed by atoms with E-state index in [0.717, 1.165) is 47.4 Å². The van der Waals surface area contributed by atoms with Crippen molar-refractivity contribution < 1.29 is 14.0 Å². The summed E-state index contributed by atoms with van der Waals surface area (Å²) in [6.07, 6.45) is 3.93. The second-order valence-electron chi connectivity index (χ2n) is 6.52. The second kappa shape index (κ2) is 8.03. The first-order valence-electron chi connectivity index (χ1n) is 8.97. The lowest BCUT2D eigenvalue weighted by Crippen LogP contribution is -2.24. The zero-order chi connectivity index (χ0) is 19.4. The standard InChI is InChI=1S/C21H23N3O3/c1-4-12-22-21(26)19-14(3)18-16(10-7-11-17(18)27-19)23-24-20(25)15-9-6-5-8-13(15)2/h4-6,8-9H,1,7,10-12H2,2-3H3,(H,22,26)(H,24,25)/b23-16+. The Labute approximate surface area is 158 Å². The number of rotatable bonds is 5. The van der Waals surface area contributed by atoms with Crippen molar-refractivity contribution in [1.29, 1.82) is 0 Å². The first-order valence-corrected chi connectivity index (χ1v) is 8.97. The molecule has 6 nitrogen and oxygen atoms in total. The van der Waals surface area contributed by atoms with Crippen LogP contribution in [-0.4, -0.2) is 24.1 Å². The van der Waals surface area contributed by atoms with Crippen LogP contribution in [0.2, 0.25) is 0 Å². The summed E-state index contributed by atoms with van der Waals surface area (Å²) < 4.78 is 5.80. The molecule has 2 N–H and O–H groups in total. The van der Waals surface area contributed by atoms with Crippen molar-refractivity contribution in [2.75, 3.05) is 6.54 Å². The average molecular weight is 365 g/mol. The molecule has 2 amide bonds. The molecular weight excluding hydrogens is 342 g/mol. The highest BCUT2D eigenvalue weighted by Crippen LogP contribution is 2.29. The molecule has 0 spiro atoms. The molecule has 0 aliphatic heterocycles. The lowest BCUT2D eigenvalue weighted by atomic mass is 9.93. The van der Waals surface area contributed by atoms with Gasteiger partial charge in [-0.1, -0.05) is 24.3 Å². The molecular formula is C21H23N3O3. The highest BCUT2D eigenvalue weighted by atomic mass is 16.4. The highest BCUT2D eigenvalue weighted by molar-refractivity contribution is 6.07. The van der Waals surface area contributed by atoms with Gasteiger partial charge < -0.3 is 9.73 Å². The van der Waals surface area contributed by atoms with Crippen molar-refractivity contribution in [2.24, 2.45) is 5.10 Å². The van der Waals surface area contributed by atoms with E-state index in [4.69, 9.17) is 4.42 Å². The zero-order valence-electron chi connectivity index (χ0n) is 15.6. The predicted molar refractivity (Wildman–Crippen MR) is 104 cm³/mol. The largest absolute Gasteiger partial charge is 0.455 e. The number of furan rings is 1. The van der Waals surface area contributed by atoms with Crippen molar-refractivity contribution >= 4 is 17.5 Å². The van der Waals surface area contributed by atoms with Crippen LogP contribution in [0.1, 0.15) is 56.2 Å². The number of hydrogen-bond acceptors (Lipinski definition) is 4. The number of hydrazone groups is 1. The summed E-state index contributed by atoms with van der Waals surface area (Å²) in [6.45, 7) is 7.69. The summed E-state index contributed by atoms with van der Waals surface area (Å²) in [7, 11) is 0. The quantitative estimate of drug-likeness (QED) is 0.630. The van der Waals surface area contributed by atoms with Gasteiger partial charge >= 0.3 is 0 Å². The third-order valence-electron chi connectivity index (χ3n) is 4.62. The number of nitrogens with zero attached hydrogens (tertiary/aromatic N) is 1. The van der Waals surface area contributed by atoms with Crippen molar-refractivity contribution in [3.8, 4) is 0 Å². The minimum absolute atomic E-state index is 0.252. The zero-order valence-corrected chi connectivity index (χ0v) is 15.6. The van der Waals surface area contributed by atoms with Crippen LogP contribution in [-0.2, 0) is 6.42 Å². The summed E-state index contributed by atoms with van der Waals surface area (Å²) in [5.74, 6) is 0.510. The number of nitrogens with one attached hydrogen (secondary N) is 2. The third kappa shape index (κ3) is 3.84. The van der Waals surface area contributed by atoms with Crippen LogP contribution in [0.15, 0.2) is 46.4 Å². The van der Waals surface area contributed by atoms with Crippen LogP contribution in [0.4, 0.5) is 0 Å². The Bertz CT molecular complexity index is 925. The maximum Gasteiger partial charge on any atom is 0.287 e. The van der Waals surface area contributed by atoms with Gasteiger partial charge in [-0.05, 0) is 38.3 Å². The van der Waals surface area contributed by atoms with Gasteiger partial charge in [0.2, 0.25) is 0 Å². The van der Waals surface area contributed by atoms with E-state index >= 15 is 0 Å². The highest BCUT2D eigenvalue weighted by Gasteiger charge is 2.27. The van der Waals surface area contributed by atoms with Gasteiger partial charge in [0, 0.05) is 29.7 Å². The third-order valence-corrected chi connectivity index (χ3v) is 4.62. The average Bonchev–Trinajstić information content (AvgIpc) is 3.02. The Morgan fingerprint density at radius 3 is 2.74 bits per heavy atom. The van der Waals surface area contributed by atoms with Crippen LogP contribution in [0.3, 0.4) is 0 Å². The molecule has 1 aromatic carbocycles. The molecule has 0 saturated carbocycles. The number of carbonyl (C=O) groups is 2. The van der Waals surface area contributed by atoms with Gasteiger partial charge in [0.1, 0.15) is 5.76 Å². The van der Waals surface area contributed by atoms with Gasteiger partial charge in [-0.3, -0.25) is 9.59 Å². The molecule has 1 aliphatic carbocycles. The summed E-state index contributed by atoms with van der Waals surface area (Å²) in [5, 5.41) is 7.08. The summed E-state index contributed by atoms with van der Waals surface area (Å²) >= 11 is 0. The number of hydrogen-bond donors (Lipinski definition) is 2. The first-order chi connectivity index (χ1) is 13.0. The molecule has 6 heteroatoms. The van der Waals surface area contributed by atoms with Crippen LogP contribution in [0, 0.1) is 13.8 Å². The monoisotopic (exact) mass is 365 g/mol. The van der Waals surface area contributed by atoms with E-state index in [1.165, 1.54) is 0 Å². The molecule has 2 aromatic rings. The van der Waals surface area contributed by atoms with Crippen molar-refractivity contribution in [3.63, 3.8) is 0 Å². The summed E-state index contributed by atoms with van der Waals surface area (Å²) in [4.78, 5) is 24.7. The van der Waals surface area contributed by atoms with Gasteiger partial charge in [0.05, 0.1) is 5.71 Å². The maximum absolute atomic E-state index is 12.4. The fourth-order valence-electron chi connectivity index (χ4n) is 3.25. The van der Waals surface area contributed by atoms with Gasteiger partial charge in [0.25, 0.3) is 11.8 Å². The second-order valence-corrected chi connectivity index (χ2v) is 6.52. The Morgan fingerprint density at radius 1 is 1.22 bits per heavy atom. The minimum atomic E-state index is -0.273. The fraction of sp³-hybridized carbons (Fsp3) is 0.286. The van der Waals surface area contributed by atoms with E-state index < -0.39 is 0 Å². The van der Waals surface area contributed by atoms with E-state index in [1.807, 2.05) is 32.0 Å². The van der Waals surface area contributed by atoms with Crippen LogP contribution < -0.4 is 10.7 Å². The molecule has 0 bridgehead atoms. The SMILES string of the molecule is C=CCNC(=O)c1oc2c(c1C)/C(=N/NC(=O)c1ccccc1C)CCC2. The lowest BCUT2D eigenvalue weighted by Gasteiger charge is -2.13. The Morgan fingerprint density at radius 2 is 2.00 bits per heavy atom. The molecule has 1 aliphatic rings. The summed E-state index contributed by atoms with van der Waals surface area (Å²) in [5.41, 5.74) is 6.43. The van der Waals surface area contributed by atoms with Crippen molar-refractivity contribution in [2.45, 2.75) is 33.1 Å². The predicted octanol–water partition coefficient (Wildman–Crippen LogP) is 3.28. The molecule has 27 heavy (non-hydrogen) atoms. The molecule has 140 valence electrons. The van der Waals surface area contributed by atoms with E-state index in [1.54, 1.807) is 12.1 Å². The van der Waals surface area contributed by atoms with Crippen LogP contribution >= 0.6 is 0 Å². The molecule has 1 heterocycles. The molecule has 0 fully saturated rings. The van der Waals surface area contributed by atoms with Crippen LogP contribution in [0.25, 0.3) is 0 Å². The van der Waals surface area contributed by atoms with Crippen LogP contribution in [0.5, 0.6) is 0 Å². The molecule has 0 unspecified atom stereocenters. The Hall–Kier alpha value is -3.15. The fourth-order valence-corrected chi connectivity index (χ4v) is 3.25. The molecule has 0 saturated heterocycles. The van der Waals surface area contributed by atoms with E-state index in [-0.39, 0.29) is 11.8 Å². The number of benzene rings is 1. The first kappa shape index (κ1) is 18.6.